The number of benzene rings is 7. The molecule has 4 heteroatoms. The fourth-order valence-electron chi connectivity index (χ4n) is 10.8. The molecular weight excluding hydrogens is 997 g/mol. The maximum atomic E-state index is 2.73. The van der Waals surface area contributed by atoms with Crippen molar-refractivity contribution >= 4 is 82.2 Å². The number of hydrogen-bond donors (Lipinski definition) is 0. The van der Waals surface area contributed by atoms with Gasteiger partial charge in [0.1, 0.15) is 0 Å². The largest absolute Gasteiger partial charge is 0.309 e. The molecule has 0 aliphatic heterocycles. The van der Waals surface area contributed by atoms with Crippen molar-refractivity contribution in [1.29, 1.82) is 0 Å². The monoisotopic (exact) mass is 1100 g/mol. The average Bonchev–Trinajstić information content (AvgIpc) is 3.28. The Balaban J connectivity index is 1.90. The number of hydrogen-bond acceptors (Lipinski definition) is 2. The molecule has 0 saturated heterocycles. The Hall–Kier alpha value is -4.91. The van der Waals surface area contributed by atoms with Crippen LogP contribution in [-0.4, -0.2) is 16.1 Å². The Labute approximate surface area is 491 Å². The van der Waals surface area contributed by atoms with Crippen molar-refractivity contribution in [3.05, 3.63) is 154 Å². The van der Waals surface area contributed by atoms with E-state index in [1.165, 1.54) is 111 Å². The van der Waals surface area contributed by atoms with Gasteiger partial charge in [-0.25, -0.2) is 0 Å². The van der Waals surface area contributed by atoms with E-state index in [0.29, 0.717) is 0 Å². The summed E-state index contributed by atoms with van der Waals surface area (Å²) >= 11 is 0. The van der Waals surface area contributed by atoms with Crippen LogP contribution in [0, 0.1) is 0 Å². The predicted molar refractivity (Wildman–Crippen MR) is 366 cm³/mol. The van der Waals surface area contributed by atoms with Gasteiger partial charge < -0.3 is 9.80 Å². The molecule has 0 saturated carbocycles. The first kappa shape index (κ1) is 62.7. The van der Waals surface area contributed by atoms with Gasteiger partial charge >= 0.3 is 0 Å². The molecule has 0 spiro atoms. The zero-order chi connectivity index (χ0) is 60.4. The van der Waals surface area contributed by atoms with E-state index in [9.17, 15) is 0 Å². The Morgan fingerprint density at radius 1 is 0.225 bits per heavy atom. The van der Waals surface area contributed by atoms with Crippen LogP contribution in [0.2, 0.25) is 39.3 Å². The first-order valence-corrected chi connectivity index (χ1v) is 37.2. The van der Waals surface area contributed by atoms with E-state index in [0.717, 1.165) is 0 Å². The van der Waals surface area contributed by atoms with Gasteiger partial charge in [-0.05, 0) is 136 Å². The summed E-state index contributed by atoms with van der Waals surface area (Å²) in [4.78, 5) is 5.46. The van der Waals surface area contributed by atoms with Gasteiger partial charge in [0.2, 0.25) is 0 Å². The third-order valence-corrected chi connectivity index (χ3v) is 21.0. The van der Waals surface area contributed by atoms with Crippen LogP contribution in [0.4, 0.5) is 34.1 Å². The van der Waals surface area contributed by atoms with Crippen molar-refractivity contribution in [1.82, 2.24) is 0 Å². The second-order valence-electron chi connectivity index (χ2n) is 34.5. The lowest BCUT2D eigenvalue weighted by molar-refractivity contribution is 0.567. The van der Waals surface area contributed by atoms with Crippen LogP contribution in [0.25, 0.3) is 21.5 Å². The predicted octanol–water partition coefficient (Wildman–Crippen LogP) is 22.4. The zero-order valence-electron chi connectivity index (χ0n) is 56.3. The van der Waals surface area contributed by atoms with Gasteiger partial charge in [0.05, 0.1) is 27.5 Å². The molecule has 0 bridgehead atoms. The summed E-state index contributed by atoms with van der Waals surface area (Å²) in [6.07, 6.45) is 0. The summed E-state index contributed by atoms with van der Waals surface area (Å²) in [7, 11) is -3.83. The van der Waals surface area contributed by atoms with Crippen molar-refractivity contribution in [2.45, 2.75) is 249 Å². The first-order chi connectivity index (χ1) is 36.0. The molecule has 0 aliphatic carbocycles. The Morgan fingerprint density at radius 2 is 0.400 bits per heavy atom. The molecule has 0 aromatic heterocycles. The van der Waals surface area contributed by atoms with Gasteiger partial charge in [-0.2, -0.15) is 0 Å². The molecule has 0 radical (unpaired) electrons. The molecule has 7 rings (SSSR count). The standard InChI is InChI=1S/C76H108N2Si2/c1-69(2,3)49-35-50(70(4,5)6)40-57(39-49)77(58-41-51(71(7,8)9)36-52(42-58)72(10,11)12)67-63-33-31-62(80(28,29)30)48-66(63)68(64-34-32-61(47-65(64)67)79(25,26)27)78(59-43-53(73(13,14)15)37-54(44-59)74(16,17)18)60-45-55(75(19,20)21)38-56(46-60)76(22,23)24/h31-48H,1-30H3. The number of anilines is 6. The molecule has 0 amide bonds. The fraction of sp³-hybridized carbons (Fsp3) is 0.500. The van der Waals surface area contributed by atoms with Crippen molar-refractivity contribution in [2.24, 2.45) is 0 Å². The highest BCUT2D eigenvalue weighted by Gasteiger charge is 2.34. The van der Waals surface area contributed by atoms with Crippen LogP contribution in [-0.2, 0) is 43.3 Å². The Morgan fingerprint density at radius 3 is 0.550 bits per heavy atom. The highest BCUT2D eigenvalue weighted by Crippen LogP contribution is 2.54. The van der Waals surface area contributed by atoms with E-state index < -0.39 is 16.1 Å². The highest BCUT2D eigenvalue weighted by molar-refractivity contribution is 6.89. The molecule has 0 atom stereocenters. The van der Waals surface area contributed by atoms with Crippen molar-refractivity contribution in [3.8, 4) is 0 Å². The fourth-order valence-corrected chi connectivity index (χ4v) is 13.2. The lowest BCUT2D eigenvalue weighted by atomic mass is 9.79. The molecule has 0 unspecified atom stereocenters. The van der Waals surface area contributed by atoms with Crippen LogP contribution in [0.1, 0.15) is 211 Å². The van der Waals surface area contributed by atoms with Crippen LogP contribution < -0.4 is 20.2 Å². The van der Waals surface area contributed by atoms with E-state index in [1.54, 1.807) is 0 Å². The highest BCUT2D eigenvalue weighted by atomic mass is 28.3. The first-order valence-electron chi connectivity index (χ1n) is 30.2. The Bertz CT molecular complexity index is 2950. The third-order valence-electron chi connectivity index (χ3n) is 16.9. The van der Waals surface area contributed by atoms with Gasteiger partial charge in [0, 0.05) is 44.3 Å². The smallest absolute Gasteiger partial charge is 0.0776 e. The molecule has 430 valence electrons. The second-order valence-corrected chi connectivity index (χ2v) is 44.6. The normalized spacial score (nSPS) is 13.9. The maximum absolute atomic E-state index is 2.73. The van der Waals surface area contributed by atoms with Crippen molar-refractivity contribution in [2.75, 3.05) is 9.80 Å². The molecular formula is C76H108N2Si2. The number of nitrogens with zero attached hydrogens (tertiary/aromatic N) is 2. The maximum Gasteiger partial charge on any atom is 0.0776 e. The van der Waals surface area contributed by atoms with Crippen molar-refractivity contribution in [3.63, 3.8) is 0 Å². The molecule has 2 nitrogen and oxygen atoms in total. The summed E-state index contributed by atoms with van der Waals surface area (Å²) in [6, 6.07) is 45.6. The van der Waals surface area contributed by atoms with Gasteiger partial charge in [0.25, 0.3) is 0 Å². The van der Waals surface area contributed by atoms with Crippen molar-refractivity contribution < 1.29 is 0 Å². The lowest BCUT2D eigenvalue weighted by Gasteiger charge is -2.37. The van der Waals surface area contributed by atoms with Gasteiger partial charge in [-0.1, -0.05) is 276 Å². The minimum absolute atomic E-state index is 0.0990. The molecule has 7 aromatic carbocycles. The minimum atomic E-state index is -1.92. The van der Waals surface area contributed by atoms with Gasteiger partial charge in [0.15, 0.2) is 0 Å². The molecule has 0 heterocycles. The van der Waals surface area contributed by atoms with E-state index in [2.05, 4.69) is 324 Å². The summed E-state index contributed by atoms with van der Waals surface area (Å²) in [5.74, 6) is 0. The quantitative estimate of drug-likeness (QED) is 0.0850. The topological polar surface area (TPSA) is 6.48 Å². The molecule has 0 N–H and O–H groups in total. The van der Waals surface area contributed by atoms with E-state index in [4.69, 9.17) is 0 Å². The number of fused-ring (bicyclic) bond motifs is 2. The summed E-state index contributed by atoms with van der Waals surface area (Å²) < 4.78 is 0. The molecule has 7 aromatic rings. The lowest BCUT2D eigenvalue weighted by Crippen LogP contribution is -2.37. The second kappa shape index (κ2) is 20.5. The van der Waals surface area contributed by atoms with Crippen LogP contribution in [0.3, 0.4) is 0 Å². The van der Waals surface area contributed by atoms with Gasteiger partial charge in [-0.15, -0.1) is 0 Å². The van der Waals surface area contributed by atoms with Gasteiger partial charge in [-0.3, -0.25) is 0 Å². The van der Waals surface area contributed by atoms with Crippen LogP contribution >= 0.6 is 0 Å². The summed E-state index contributed by atoms with van der Waals surface area (Å²) in [5, 5.41) is 7.98. The average molecular weight is 1110 g/mol. The molecule has 80 heavy (non-hydrogen) atoms. The van der Waals surface area contributed by atoms with E-state index >= 15 is 0 Å². The molecule has 0 aliphatic rings. The Kier molecular flexibility index (Phi) is 16.0. The van der Waals surface area contributed by atoms with Crippen LogP contribution in [0.5, 0.6) is 0 Å². The minimum Gasteiger partial charge on any atom is -0.309 e. The van der Waals surface area contributed by atoms with E-state index in [-0.39, 0.29) is 43.3 Å². The molecule has 0 fully saturated rings. The summed E-state index contributed by atoms with van der Waals surface area (Å²) in [6.45, 7) is 72.3. The van der Waals surface area contributed by atoms with E-state index in [1.807, 2.05) is 0 Å². The third kappa shape index (κ3) is 13.3. The number of rotatable bonds is 8. The SMILES string of the molecule is CC(C)(C)c1cc(N(c2cc(C(C)(C)C)cc(C(C)(C)C)c2)c2c3ccc([Si](C)(C)C)cc3c(N(c3cc(C(C)(C)C)cc(C(C)(C)C)c3)c3cc(C(C)(C)C)cc(C(C)(C)C)c3)c3ccc([Si](C)(C)C)cc23)cc(C(C)(C)C)c1. The van der Waals surface area contributed by atoms with Crippen LogP contribution in [0.15, 0.2) is 109 Å². The summed E-state index contributed by atoms with van der Waals surface area (Å²) in [5.41, 5.74) is 17.2. The zero-order valence-corrected chi connectivity index (χ0v) is 58.3.